The van der Waals surface area contributed by atoms with Crippen LogP contribution < -0.4 is 0 Å². The molecule has 0 unspecified atom stereocenters. The quantitative estimate of drug-likeness (QED) is 0.906. The zero-order valence-corrected chi connectivity index (χ0v) is 11.2. The molecule has 2 aromatic rings. The van der Waals surface area contributed by atoms with Gasteiger partial charge >= 0.3 is 5.97 Å². The lowest BCUT2D eigenvalue weighted by Crippen LogP contribution is -2.19. The highest BCUT2D eigenvalue weighted by molar-refractivity contribution is 5.70. The maximum absolute atomic E-state index is 10.7. The molecule has 6 heteroatoms. The Bertz CT molecular complexity index is 599. The standard InChI is InChI=1S/C13H16N4O2/c1-13(2,3)12-14-15-16-17(12)10-6-4-5-9(7-10)8-11(18)19/h4-7H,8H2,1-3H3,(H,18,19). The van der Waals surface area contributed by atoms with Crippen LogP contribution in [-0.4, -0.2) is 31.3 Å². The molecule has 1 N–H and O–H groups in total. The molecule has 19 heavy (non-hydrogen) atoms. The summed E-state index contributed by atoms with van der Waals surface area (Å²) in [6, 6.07) is 7.23. The van der Waals surface area contributed by atoms with Gasteiger partial charge in [0, 0.05) is 5.41 Å². The van der Waals surface area contributed by atoms with Gasteiger partial charge in [0.1, 0.15) is 0 Å². The number of tetrazole rings is 1. The zero-order chi connectivity index (χ0) is 14.0. The van der Waals surface area contributed by atoms with E-state index in [4.69, 9.17) is 5.11 Å². The van der Waals surface area contributed by atoms with E-state index < -0.39 is 5.97 Å². The summed E-state index contributed by atoms with van der Waals surface area (Å²) < 4.78 is 1.64. The SMILES string of the molecule is CC(C)(C)c1nnnn1-c1cccc(CC(=O)O)c1. The molecule has 0 saturated heterocycles. The van der Waals surface area contributed by atoms with Crippen molar-refractivity contribution >= 4 is 5.97 Å². The zero-order valence-electron chi connectivity index (χ0n) is 11.2. The van der Waals surface area contributed by atoms with Gasteiger partial charge in [-0.25, -0.2) is 0 Å². The largest absolute Gasteiger partial charge is 0.481 e. The van der Waals surface area contributed by atoms with Gasteiger partial charge in [0.05, 0.1) is 12.1 Å². The van der Waals surface area contributed by atoms with Gasteiger partial charge in [-0.3, -0.25) is 4.79 Å². The molecule has 1 aromatic heterocycles. The number of aliphatic carboxylic acids is 1. The van der Waals surface area contributed by atoms with Crippen LogP contribution in [0.2, 0.25) is 0 Å². The number of hydrogen-bond donors (Lipinski definition) is 1. The van der Waals surface area contributed by atoms with Crippen LogP contribution in [0.15, 0.2) is 24.3 Å². The molecule has 0 amide bonds. The Morgan fingerprint density at radius 2 is 2.11 bits per heavy atom. The molecule has 100 valence electrons. The molecule has 0 fully saturated rings. The van der Waals surface area contributed by atoms with E-state index in [0.717, 1.165) is 17.1 Å². The summed E-state index contributed by atoms with van der Waals surface area (Å²) in [6.45, 7) is 6.07. The highest BCUT2D eigenvalue weighted by atomic mass is 16.4. The van der Waals surface area contributed by atoms with E-state index in [1.54, 1.807) is 16.8 Å². The van der Waals surface area contributed by atoms with Gasteiger partial charge in [-0.2, -0.15) is 4.68 Å². The Balaban J connectivity index is 2.43. The molecule has 0 aliphatic carbocycles. The van der Waals surface area contributed by atoms with Crippen LogP contribution in [0, 0.1) is 0 Å². The number of rotatable bonds is 3. The molecule has 0 spiro atoms. The fourth-order valence-corrected chi connectivity index (χ4v) is 1.80. The van der Waals surface area contributed by atoms with E-state index in [2.05, 4.69) is 15.5 Å². The fourth-order valence-electron chi connectivity index (χ4n) is 1.80. The van der Waals surface area contributed by atoms with Crippen molar-refractivity contribution in [1.82, 2.24) is 20.2 Å². The summed E-state index contributed by atoms with van der Waals surface area (Å²) in [5, 5.41) is 20.5. The van der Waals surface area contributed by atoms with Gasteiger partial charge in [0.25, 0.3) is 0 Å². The van der Waals surface area contributed by atoms with E-state index in [1.165, 1.54) is 0 Å². The van der Waals surface area contributed by atoms with Gasteiger partial charge in [0.15, 0.2) is 5.82 Å². The summed E-state index contributed by atoms with van der Waals surface area (Å²) in [4.78, 5) is 10.7. The molecular formula is C13H16N4O2. The van der Waals surface area contributed by atoms with Crippen LogP contribution >= 0.6 is 0 Å². The smallest absolute Gasteiger partial charge is 0.307 e. The third-order valence-corrected chi connectivity index (χ3v) is 2.65. The van der Waals surface area contributed by atoms with E-state index in [0.29, 0.717) is 0 Å². The Labute approximate surface area is 111 Å². The van der Waals surface area contributed by atoms with Crippen LogP contribution in [0.5, 0.6) is 0 Å². The van der Waals surface area contributed by atoms with Gasteiger partial charge < -0.3 is 5.11 Å². The molecule has 0 aliphatic heterocycles. The van der Waals surface area contributed by atoms with E-state index in [1.807, 2.05) is 32.9 Å². The van der Waals surface area contributed by atoms with Crippen molar-refractivity contribution in [2.24, 2.45) is 0 Å². The van der Waals surface area contributed by atoms with Crippen molar-refractivity contribution in [2.75, 3.05) is 0 Å². The third-order valence-electron chi connectivity index (χ3n) is 2.65. The summed E-state index contributed by atoms with van der Waals surface area (Å²) >= 11 is 0. The molecule has 1 aromatic carbocycles. The second kappa shape index (κ2) is 4.79. The molecule has 6 nitrogen and oxygen atoms in total. The molecule has 0 radical (unpaired) electrons. The van der Waals surface area contributed by atoms with E-state index >= 15 is 0 Å². The van der Waals surface area contributed by atoms with Gasteiger partial charge in [-0.1, -0.05) is 32.9 Å². The van der Waals surface area contributed by atoms with Crippen LogP contribution in [0.4, 0.5) is 0 Å². The molecule has 0 aliphatic rings. The minimum absolute atomic E-state index is 0.0131. The summed E-state index contributed by atoms with van der Waals surface area (Å²) in [7, 11) is 0. The minimum Gasteiger partial charge on any atom is -0.481 e. The molecule has 2 rings (SSSR count). The van der Waals surface area contributed by atoms with Crippen molar-refractivity contribution in [3.05, 3.63) is 35.7 Å². The van der Waals surface area contributed by atoms with Crippen molar-refractivity contribution in [2.45, 2.75) is 32.6 Å². The van der Waals surface area contributed by atoms with Crippen LogP contribution in [0.25, 0.3) is 5.69 Å². The Kier molecular flexibility index (Phi) is 3.33. The predicted octanol–water partition coefficient (Wildman–Crippen LogP) is 1.59. The first-order valence-electron chi connectivity index (χ1n) is 5.98. The summed E-state index contributed by atoms with van der Waals surface area (Å²) in [6.07, 6.45) is -0.0131. The number of benzene rings is 1. The fraction of sp³-hybridized carbons (Fsp3) is 0.385. The second-order valence-electron chi connectivity index (χ2n) is 5.40. The van der Waals surface area contributed by atoms with Crippen molar-refractivity contribution < 1.29 is 9.90 Å². The van der Waals surface area contributed by atoms with Gasteiger partial charge in [0.2, 0.25) is 0 Å². The van der Waals surface area contributed by atoms with Crippen molar-refractivity contribution in [3.63, 3.8) is 0 Å². The first-order valence-corrected chi connectivity index (χ1v) is 5.98. The number of carbonyl (C=O) groups is 1. The highest BCUT2D eigenvalue weighted by Crippen LogP contribution is 2.22. The van der Waals surface area contributed by atoms with Crippen molar-refractivity contribution in [3.8, 4) is 5.69 Å². The van der Waals surface area contributed by atoms with E-state index in [9.17, 15) is 4.79 Å². The monoisotopic (exact) mass is 260 g/mol. The van der Waals surface area contributed by atoms with Crippen LogP contribution in [-0.2, 0) is 16.6 Å². The average Bonchev–Trinajstić information content (AvgIpc) is 2.76. The van der Waals surface area contributed by atoms with Crippen LogP contribution in [0.1, 0.15) is 32.2 Å². The molecule has 0 bridgehead atoms. The minimum atomic E-state index is -0.857. The normalized spacial score (nSPS) is 11.5. The lowest BCUT2D eigenvalue weighted by atomic mass is 9.95. The van der Waals surface area contributed by atoms with Gasteiger partial charge in [-0.15, -0.1) is 5.10 Å². The number of carboxylic acid groups (broad SMARTS) is 1. The predicted molar refractivity (Wildman–Crippen MR) is 69.2 cm³/mol. The third kappa shape index (κ3) is 2.96. The topological polar surface area (TPSA) is 80.9 Å². The molecule has 0 atom stereocenters. The number of hydrogen-bond acceptors (Lipinski definition) is 4. The Hall–Kier alpha value is -2.24. The summed E-state index contributed by atoms with van der Waals surface area (Å²) in [5.74, 6) is -0.120. The Morgan fingerprint density at radius 1 is 1.37 bits per heavy atom. The number of carboxylic acids is 1. The van der Waals surface area contributed by atoms with Crippen LogP contribution in [0.3, 0.4) is 0 Å². The number of aromatic nitrogens is 4. The Morgan fingerprint density at radius 3 is 2.74 bits per heavy atom. The van der Waals surface area contributed by atoms with Crippen molar-refractivity contribution in [1.29, 1.82) is 0 Å². The maximum atomic E-state index is 10.7. The average molecular weight is 260 g/mol. The van der Waals surface area contributed by atoms with E-state index in [-0.39, 0.29) is 11.8 Å². The molecule has 0 saturated carbocycles. The number of nitrogens with zero attached hydrogens (tertiary/aromatic N) is 4. The first kappa shape index (κ1) is 13.2. The summed E-state index contributed by atoms with van der Waals surface area (Å²) in [5.41, 5.74) is 1.31. The second-order valence-corrected chi connectivity index (χ2v) is 5.40. The maximum Gasteiger partial charge on any atom is 0.307 e. The lowest BCUT2D eigenvalue weighted by Gasteiger charge is -2.17. The lowest BCUT2D eigenvalue weighted by molar-refractivity contribution is -0.136. The first-order chi connectivity index (χ1) is 8.88. The highest BCUT2D eigenvalue weighted by Gasteiger charge is 2.22. The molecule has 1 heterocycles. The van der Waals surface area contributed by atoms with Gasteiger partial charge in [-0.05, 0) is 28.1 Å². The molecular weight excluding hydrogens is 244 g/mol.